The van der Waals surface area contributed by atoms with E-state index in [2.05, 4.69) is 85.7 Å². The molecule has 0 aromatic heterocycles. The first kappa shape index (κ1) is 25.6. The van der Waals surface area contributed by atoms with Crippen LogP contribution < -0.4 is 0 Å². The van der Waals surface area contributed by atoms with E-state index >= 15 is 0 Å². The fourth-order valence-electron chi connectivity index (χ4n) is 11.1. The molecule has 0 aliphatic heterocycles. The molecule has 0 bridgehead atoms. The lowest BCUT2D eigenvalue weighted by atomic mass is 9.35. The van der Waals surface area contributed by atoms with Crippen LogP contribution >= 0.6 is 0 Å². The third kappa shape index (κ3) is 3.99. The second kappa shape index (κ2) is 8.77. The first-order valence-corrected chi connectivity index (χ1v) is 15.1. The second-order valence-corrected chi connectivity index (χ2v) is 15.2. The van der Waals surface area contributed by atoms with E-state index in [-0.39, 0.29) is 0 Å². The van der Waals surface area contributed by atoms with E-state index in [1.54, 1.807) is 5.57 Å². The Morgan fingerprint density at radius 3 is 2.11 bits per heavy atom. The Hall–Kier alpha value is -1.04. The summed E-state index contributed by atoms with van der Waals surface area (Å²) in [6.45, 7) is 20.6. The molecule has 0 unspecified atom stereocenters. The molecular weight excluding hydrogens is 420 g/mol. The summed E-state index contributed by atoms with van der Waals surface area (Å²) in [7, 11) is 0. The summed E-state index contributed by atoms with van der Waals surface area (Å²) in [4.78, 5) is 0. The Labute approximate surface area is 217 Å². The van der Waals surface area contributed by atoms with Crippen LogP contribution in [0.15, 0.2) is 35.9 Å². The highest BCUT2D eigenvalue weighted by molar-refractivity contribution is 5.25. The molecule has 8 atom stereocenters. The van der Waals surface area contributed by atoms with Crippen molar-refractivity contribution in [3.63, 3.8) is 0 Å². The Morgan fingerprint density at radius 2 is 1.40 bits per heavy atom. The van der Waals surface area contributed by atoms with Crippen molar-refractivity contribution in [2.45, 2.75) is 126 Å². The summed E-state index contributed by atoms with van der Waals surface area (Å²) in [6.07, 6.45) is 17.0. The van der Waals surface area contributed by atoms with Crippen molar-refractivity contribution in [1.29, 1.82) is 0 Å². The van der Waals surface area contributed by atoms with Crippen molar-refractivity contribution < 1.29 is 0 Å². The van der Waals surface area contributed by atoms with Crippen molar-refractivity contribution in [1.82, 2.24) is 0 Å². The lowest BCUT2D eigenvalue weighted by Gasteiger charge is -2.70. The van der Waals surface area contributed by atoms with Gasteiger partial charge in [0.2, 0.25) is 0 Å². The van der Waals surface area contributed by atoms with E-state index in [0.717, 1.165) is 23.7 Å². The molecule has 4 aliphatic carbocycles. The smallest absolute Gasteiger partial charge is 0.0149 e. The van der Waals surface area contributed by atoms with Gasteiger partial charge in [-0.15, -0.1) is 0 Å². The van der Waals surface area contributed by atoms with Gasteiger partial charge in [-0.05, 0) is 128 Å². The predicted octanol–water partition coefficient (Wildman–Crippen LogP) is 10.5. The van der Waals surface area contributed by atoms with Gasteiger partial charge in [0, 0.05) is 0 Å². The van der Waals surface area contributed by atoms with Gasteiger partial charge in [-0.1, -0.05) is 89.4 Å². The molecule has 0 amide bonds. The monoisotopic (exact) mass is 474 g/mol. The molecule has 0 nitrogen and oxygen atoms in total. The van der Waals surface area contributed by atoms with Gasteiger partial charge in [0.1, 0.15) is 0 Å². The molecule has 3 fully saturated rings. The number of allylic oxidation sites excluding steroid dienone is 2. The SMILES string of the molecule is CC1=CC[C@H]2[C@]3(C)CC[C@H]4C(C)(C)CCC[C@]4(C)[C@H]3CC[C@]2(C)[C@H]1CC[C@@H](C)c1ccc(C)cc1. The Morgan fingerprint density at radius 1 is 0.771 bits per heavy atom. The lowest BCUT2D eigenvalue weighted by molar-refractivity contribution is -0.199. The number of hydrogen-bond donors (Lipinski definition) is 0. The molecule has 5 rings (SSSR count). The minimum absolute atomic E-state index is 0.477. The summed E-state index contributed by atoms with van der Waals surface area (Å²) in [5.41, 5.74) is 6.69. The van der Waals surface area contributed by atoms with Gasteiger partial charge >= 0.3 is 0 Å². The first-order chi connectivity index (χ1) is 16.4. The van der Waals surface area contributed by atoms with Gasteiger partial charge in [0.25, 0.3) is 0 Å². The van der Waals surface area contributed by atoms with Gasteiger partial charge in [0.15, 0.2) is 0 Å². The summed E-state index contributed by atoms with van der Waals surface area (Å²) in [5.74, 6) is 4.13. The Bertz CT molecular complexity index is 949. The highest BCUT2D eigenvalue weighted by atomic mass is 14.7. The molecule has 0 radical (unpaired) electrons. The zero-order valence-corrected chi connectivity index (χ0v) is 24.3. The van der Waals surface area contributed by atoms with E-state index in [1.807, 2.05) is 0 Å². The van der Waals surface area contributed by atoms with Crippen molar-refractivity contribution in [2.24, 2.45) is 45.3 Å². The summed E-state index contributed by atoms with van der Waals surface area (Å²) in [6, 6.07) is 9.32. The van der Waals surface area contributed by atoms with Crippen molar-refractivity contribution >= 4 is 0 Å². The zero-order chi connectivity index (χ0) is 25.2. The fraction of sp³-hybridized carbons (Fsp3) is 0.771. The molecule has 35 heavy (non-hydrogen) atoms. The van der Waals surface area contributed by atoms with E-state index in [9.17, 15) is 0 Å². The van der Waals surface area contributed by atoms with Crippen LogP contribution in [0.3, 0.4) is 0 Å². The molecule has 0 N–H and O–H groups in total. The number of benzene rings is 1. The highest BCUT2D eigenvalue weighted by Gasteiger charge is 2.65. The minimum Gasteiger partial charge on any atom is -0.0850 e. The normalized spacial score (nSPS) is 43.4. The van der Waals surface area contributed by atoms with Gasteiger partial charge in [-0.3, -0.25) is 0 Å². The Kier molecular flexibility index (Phi) is 6.42. The molecule has 0 saturated heterocycles. The number of aryl methyl sites for hydroxylation is 1. The maximum absolute atomic E-state index is 2.77. The molecular formula is C35H54. The first-order valence-electron chi connectivity index (χ1n) is 15.1. The largest absolute Gasteiger partial charge is 0.0850 e. The van der Waals surface area contributed by atoms with Crippen LogP contribution in [0.25, 0.3) is 0 Å². The minimum atomic E-state index is 0.477. The molecule has 3 saturated carbocycles. The van der Waals surface area contributed by atoms with Gasteiger partial charge in [-0.25, -0.2) is 0 Å². The third-order valence-electron chi connectivity index (χ3n) is 13.0. The number of rotatable bonds is 4. The average molecular weight is 475 g/mol. The van der Waals surface area contributed by atoms with Crippen LogP contribution in [0.5, 0.6) is 0 Å². The molecule has 4 aliphatic rings. The van der Waals surface area contributed by atoms with Crippen molar-refractivity contribution in [3.05, 3.63) is 47.0 Å². The molecule has 1 aromatic rings. The van der Waals surface area contributed by atoms with Crippen LogP contribution in [0.4, 0.5) is 0 Å². The maximum Gasteiger partial charge on any atom is -0.0149 e. The summed E-state index contributed by atoms with van der Waals surface area (Å²) < 4.78 is 0. The van der Waals surface area contributed by atoms with E-state index in [1.165, 1.54) is 75.3 Å². The van der Waals surface area contributed by atoms with E-state index < -0.39 is 0 Å². The lowest BCUT2D eigenvalue weighted by Crippen LogP contribution is -2.62. The molecule has 1 aromatic carbocycles. The molecule has 0 heteroatoms. The maximum atomic E-state index is 2.77. The topological polar surface area (TPSA) is 0 Å². The van der Waals surface area contributed by atoms with Crippen molar-refractivity contribution in [3.8, 4) is 0 Å². The number of fused-ring (bicyclic) bond motifs is 5. The van der Waals surface area contributed by atoms with E-state index in [0.29, 0.717) is 27.6 Å². The highest BCUT2D eigenvalue weighted by Crippen LogP contribution is 2.73. The van der Waals surface area contributed by atoms with Crippen LogP contribution in [0.2, 0.25) is 0 Å². The number of hydrogen-bond acceptors (Lipinski definition) is 0. The predicted molar refractivity (Wildman–Crippen MR) is 152 cm³/mol. The van der Waals surface area contributed by atoms with Crippen LogP contribution in [-0.4, -0.2) is 0 Å². The molecule has 194 valence electrons. The van der Waals surface area contributed by atoms with Gasteiger partial charge in [-0.2, -0.15) is 0 Å². The quantitative estimate of drug-likeness (QED) is 0.381. The molecule has 0 heterocycles. The fourth-order valence-corrected chi connectivity index (χ4v) is 11.1. The van der Waals surface area contributed by atoms with Crippen LogP contribution in [-0.2, 0) is 0 Å². The van der Waals surface area contributed by atoms with Crippen LogP contribution in [0, 0.1) is 52.3 Å². The molecule has 0 spiro atoms. The summed E-state index contributed by atoms with van der Waals surface area (Å²) >= 11 is 0. The summed E-state index contributed by atoms with van der Waals surface area (Å²) in [5, 5.41) is 0. The van der Waals surface area contributed by atoms with Crippen LogP contribution in [0.1, 0.15) is 130 Å². The van der Waals surface area contributed by atoms with Gasteiger partial charge < -0.3 is 0 Å². The Balaban J connectivity index is 1.39. The van der Waals surface area contributed by atoms with E-state index in [4.69, 9.17) is 0 Å². The van der Waals surface area contributed by atoms with Gasteiger partial charge in [0.05, 0.1) is 0 Å². The third-order valence-corrected chi connectivity index (χ3v) is 13.0. The van der Waals surface area contributed by atoms with Crippen molar-refractivity contribution in [2.75, 3.05) is 0 Å². The standard InChI is InChI=1S/C35H54/c1-24-10-14-27(15-11-24)25(2)12-16-28-26(3)13-17-30-33(28,6)22-19-31-34(7)21-9-20-32(4,5)29(34)18-23-35(30,31)8/h10-11,13-15,25,28-31H,9,12,16-23H2,1-8H3/t25-,28+,29+,30-,31-,33-,34+,35+/m1/s1. The second-order valence-electron chi connectivity index (χ2n) is 15.2. The zero-order valence-electron chi connectivity index (χ0n) is 24.3. The average Bonchev–Trinajstić information content (AvgIpc) is 2.77.